The van der Waals surface area contributed by atoms with Gasteiger partial charge in [-0.05, 0) is 44.5 Å². The van der Waals surface area contributed by atoms with Crippen LogP contribution in [-0.2, 0) is 4.79 Å². The van der Waals surface area contributed by atoms with E-state index in [0.717, 1.165) is 12.6 Å². The second-order valence-corrected chi connectivity index (χ2v) is 6.49. The molecule has 0 spiro atoms. The summed E-state index contributed by atoms with van der Waals surface area (Å²) in [4.78, 5) is 14.3. The highest BCUT2D eigenvalue weighted by molar-refractivity contribution is 5.84. The highest BCUT2D eigenvalue weighted by Crippen LogP contribution is 2.32. The predicted molar refractivity (Wildman–Crippen MR) is 83.8 cm³/mol. The molecule has 1 aromatic rings. The average Bonchev–Trinajstić information content (AvgIpc) is 2.83. The largest absolute Gasteiger partial charge is 0.380 e. The van der Waals surface area contributed by atoms with Crippen LogP contribution in [0.2, 0.25) is 0 Å². The van der Waals surface area contributed by atoms with Gasteiger partial charge in [0.2, 0.25) is 0 Å². The van der Waals surface area contributed by atoms with Crippen molar-refractivity contribution in [1.82, 2.24) is 10.2 Å². The van der Waals surface area contributed by atoms with Gasteiger partial charge in [-0.15, -0.1) is 0 Å². The van der Waals surface area contributed by atoms with E-state index in [4.69, 9.17) is 0 Å². The number of nitrogens with zero attached hydrogens (tertiary/aromatic N) is 1. The van der Waals surface area contributed by atoms with Gasteiger partial charge in [0, 0.05) is 12.6 Å². The number of amides is 1. The molecule has 0 radical (unpaired) electrons. The molecule has 1 saturated heterocycles. The fourth-order valence-electron chi connectivity index (χ4n) is 3.21. The number of halogens is 2. The maximum Gasteiger partial charge on any atom is 0.251 e. The third-order valence-corrected chi connectivity index (χ3v) is 4.48. The van der Waals surface area contributed by atoms with Crippen molar-refractivity contribution in [3.8, 4) is 0 Å². The van der Waals surface area contributed by atoms with Gasteiger partial charge in [-0.25, -0.2) is 8.78 Å². The number of likely N-dealkylation sites (tertiary alicyclic amines) is 1. The minimum absolute atomic E-state index is 0.244. The summed E-state index contributed by atoms with van der Waals surface area (Å²) in [6, 6.07) is 3.31. The molecule has 1 aliphatic heterocycles. The Balaban J connectivity index is 2.18. The smallest absolute Gasteiger partial charge is 0.251 e. The van der Waals surface area contributed by atoms with Gasteiger partial charge in [0.05, 0.1) is 6.04 Å². The summed E-state index contributed by atoms with van der Waals surface area (Å²) in [6.45, 7) is 4.12. The lowest BCUT2D eigenvalue weighted by Gasteiger charge is -2.29. The number of carbonyl (C=O) groups excluding carboxylic acids is 1. The fourth-order valence-corrected chi connectivity index (χ4v) is 3.21. The lowest BCUT2D eigenvalue weighted by Crippen LogP contribution is -2.49. The SMILES string of the molecule is CCCC(C)(O)C(=O)NC1CCN(C)C1c1ccc(F)c(F)c1. The normalized spacial score (nSPS) is 24.4. The molecule has 1 aromatic carbocycles. The Kier molecular flexibility index (Phi) is 5.37. The van der Waals surface area contributed by atoms with E-state index in [0.29, 0.717) is 24.8 Å². The van der Waals surface area contributed by atoms with Crippen molar-refractivity contribution in [3.05, 3.63) is 35.4 Å². The second kappa shape index (κ2) is 6.93. The summed E-state index contributed by atoms with van der Waals surface area (Å²) >= 11 is 0. The molecule has 128 valence electrons. The number of carbonyl (C=O) groups is 1. The summed E-state index contributed by atoms with van der Waals surface area (Å²) in [5.74, 6) is -2.21. The molecule has 0 aromatic heterocycles. The Morgan fingerprint density at radius 3 is 2.74 bits per heavy atom. The van der Waals surface area contributed by atoms with Crippen LogP contribution >= 0.6 is 0 Å². The average molecular weight is 326 g/mol. The molecule has 0 bridgehead atoms. The van der Waals surface area contributed by atoms with Crippen LogP contribution in [-0.4, -0.2) is 41.1 Å². The van der Waals surface area contributed by atoms with Crippen molar-refractivity contribution >= 4 is 5.91 Å². The molecule has 1 fully saturated rings. The number of likely N-dealkylation sites (N-methyl/N-ethyl adjacent to an activating group) is 1. The van der Waals surface area contributed by atoms with E-state index in [2.05, 4.69) is 5.32 Å². The van der Waals surface area contributed by atoms with Gasteiger partial charge in [-0.2, -0.15) is 0 Å². The van der Waals surface area contributed by atoms with Crippen LogP contribution in [0.4, 0.5) is 8.78 Å². The number of hydrogen-bond acceptors (Lipinski definition) is 3. The molecule has 6 heteroatoms. The summed E-state index contributed by atoms with van der Waals surface area (Å²) in [7, 11) is 1.88. The highest BCUT2D eigenvalue weighted by atomic mass is 19.2. The van der Waals surface area contributed by atoms with E-state index in [9.17, 15) is 18.7 Å². The zero-order valence-electron chi connectivity index (χ0n) is 13.8. The molecule has 1 heterocycles. The number of benzene rings is 1. The summed E-state index contributed by atoms with van der Waals surface area (Å²) < 4.78 is 26.7. The zero-order chi connectivity index (χ0) is 17.2. The zero-order valence-corrected chi connectivity index (χ0v) is 13.8. The van der Waals surface area contributed by atoms with Gasteiger partial charge in [-0.3, -0.25) is 9.69 Å². The second-order valence-electron chi connectivity index (χ2n) is 6.49. The van der Waals surface area contributed by atoms with Gasteiger partial charge in [0.1, 0.15) is 5.60 Å². The molecule has 4 nitrogen and oxygen atoms in total. The fraction of sp³-hybridized carbons (Fsp3) is 0.588. The molecular weight excluding hydrogens is 302 g/mol. The Bertz CT molecular complexity index is 578. The molecule has 1 amide bonds. The Morgan fingerprint density at radius 2 is 2.13 bits per heavy atom. The quantitative estimate of drug-likeness (QED) is 0.873. The first-order valence-electron chi connectivity index (χ1n) is 7.94. The molecule has 0 saturated carbocycles. The predicted octanol–water partition coefficient (Wildman–Crippen LogP) is 2.38. The molecule has 1 aliphatic rings. The summed E-state index contributed by atoms with van der Waals surface area (Å²) in [5.41, 5.74) is -0.807. The minimum Gasteiger partial charge on any atom is -0.380 e. The molecule has 3 unspecified atom stereocenters. The Morgan fingerprint density at radius 1 is 1.43 bits per heavy atom. The minimum atomic E-state index is -1.42. The molecule has 2 N–H and O–H groups in total. The molecule has 23 heavy (non-hydrogen) atoms. The van der Waals surface area contributed by atoms with E-state index >= 15 is 0 Å². The van der Waals surface area contributed by atoms with Crippen molar-refractivity contribution in [1.29, 1.82) is 0 Å². The van der Waals surface area contributed by atoms with Crippen molar-refractivity contribution in [2.75, 3.05) is 13.6 Å². The Hall–Kier alpha value is -1.53. The molecule has 3 atom stereocenters. The first-order valence-corrected chi connectivity index (χ1v) is 7.94. The van der Waals surface area contributed by atoms with Crippen LogP contribution < -0.4 is 5.32 Å². The van der Waals surface area contributed by atoms with Crippen molar-refractivity contribution in [2.45, 2.75) is 50.8 Å². The molecular formula is C17H24F2N2O2. The van der Waals surface area contributed by atoms with Crippen molar-refractivity contribution in [2.24, 2.45) is 0 Å². The lowest BCUT2D eigenvalue weighted by molar-refractivity contribution is -0.139. The Labute approximate surface area is 135 Å². The number of hydrogen-bond donors (Lipinski definition) is 2. The van der Waals surface area contributed by atoms with Crippen LogP contribution in [0.25, 0.3) is 0 Å². The highest BCUT2D eigenvalue weighted by Gasteiger charge is 2.38. The van der Waals surface area contributed by atoms with E-state index in [1.165, 1.54) is 19.1 Å². The third-order valence-electron chi connectivity index (χ3n) is 4.48. The molecule has 2 rings (SSSR count). The van der Waals surface area contributed by atoms with Gasteiger partial charge in [-0.1, -0.05) is 19.4 Å². The maximum absolute atomic E-state index is 13.5. The first kappa shape index (κ1) is 17.8. The van der Waals surface area contributed by atoms with Gasteiger partial charge in [0.25, 0.3) is 5.91 Å². The summed E-state index contributed by atoms with van der Waals surface area (Å²) in [5, 5.41) is 13.1. The van der Waals surface area contributed by atoms with E-state index in [1.54, 1.807) is 0 Å². The van der Waals surface area contributed by atoms with Gasteiger partial charge in [0.15, 0.2) is 11.6 Å². The topological polar surface area (TPSA) is 52.6 Å². The van der Waals surface area contributed by atoms with E-state index < -0.39 is 23.1 Å². The van der Waals surface area contributed by atoms with Crippen LogP contribution in [0.1, 0.15) is 44.7 Å². The van der Waals surface area contributed by atoms with E-state index in [1.807, 2.05) is 18.9 Å². The van der Waals surface area contributed by atoms with Crippen LogP contribution in [0.5, 0.6) is 0 Å². The standard InChI is InChI=1S/C17H24F2N2O2/c1-4-8-17(2,23)16(22)20-14-7-9-21(3)15(14)11-5-6-12(18)13(19)10-11/h5-6,10,14-15,23H,4,7-9H2,1-3H3,(H,20,22). The van der Waals surface area contributed by atoms with Crippen LogP contribution in [0.15, 0.2) is 18.2 Å². The van der Waals surface area contributed by atoms with E-state index in [-0.39, 0.29) is 12.1 Å². The first-order chi connectivity index (χ1) is 10.8. The monoisotopic (exact) mass is 326 g/mol. The number of rotatable bonds is 5. The van der Waals surface area contributed by atoms with Crippen LogP contribution in [0.3, 0.4) is 0 Å². The van der Waals surface area contributed by atoms with Crippen LogP contribution in [0, 0.1) is 11.6 Å². The molecule has 0 aliphatic carbocycles. The van der Waals surface area contributed by atoms with Gasteiger partial charge < -0.3 is 10.4 Å². The van der Waals surface area contributed by atoms with Crippen molar-refractivity contribution in [3.63, 3.8) is 0 Å². The number of aliphatic hydroxyl groups is 1. The summed E-state index contributed by atoms with van der Waals surface area (Å²) in [6.07, 6.45) is 1.75. The van der Waals surface area contributed by atoms with Gasteiger partial charge >= 0.3 is 0 Å². The lowest BCUT2D eigenvalue weighted by atomic mass is 9.96. The number of nitrogens with one attached hydrogen (secondary N) is 1. The third kappa shape index (κ3) is 3.87. The maximum atomic E-state index is 13.5. The van der Waals surface area contributed by atoms with Crippen molar-refractivity contribution < 1.29 is 18.7 Å².